The Bertz CT molecular complexity index is 441. The van der Waals surface area contributed by atoms with E-state index in [0.717, 1.165) is 54.9 Å². The minimum absolute atomic E-state index is 0.279. The second-order valence-corrected chi connectivity index (χ2v) is 5.89. The van der Waals surface area contributed by atoms with Crippen LogP contribution >= 0.6 is 15.9 Å². The Balaban J connectivity index is 1.91. The average molecular weight is 313 g/mol. The predicted octanol–water partition coefficient (Wildman–Crippen LogP) is 2.84. The van der Waals surface area contributed by atoms with Crippen molar-refractivity contribution in [2.24, 2.45) is 5.92 Å². The first-order valence-corrected chi connectivity index (χ1v) is 7.26. The molecule has 18 heavy (non-hydrogen) atoms. The Morgan fingerprint density at radius 1 is 1.22 bits per heavy atom. The summed E-state index contributed by atoms with van der Waals surface area (Å²) in [6.07, 6.45) is 2.32. The van der Waals surface area contributed by atoms with Gasteiger partial charge in [-0.1, -0.05) is 15.9 Å². The molecule has 1 unspecified atom stereocenters. The van der Waals surface area contributed by atoms with E-state index in [0.29, 0.717) is 0 Å². The fraction of sp³-hybridized carbons (Fsp3) is 0.571. The molecule has 2 aliphatic rings. The molecule has 0 amide bonds. The number of aliphatic hydroxyl groups excluding tert-OH is 1. The van der Waals surface area contributed by atoms with Gasteiger partial charge >= 0.3 is 0 Å². The van der Waals surface area contributed by atoms with E-state index in [4.69, 9.17) is 9.47 Å². The van der Waals surface area contributed by atoms with Crippen molar-refractivity contribution >= 4 is 15.9 Å². The molecule has 0 radical (unpaired) electrons. The molecule has 0 saturated carbocycles. The van der Waals surface area contributed by atoms with Crippen molar-refractivity contribution in [3.05, 3.63) is 27.7 Å². The molecule has 0 aliphatic carbocycles. The summed E-state index contributed by atoms with van der Waals surface area (Å²) in [6.45, 7) is 2.22. The Kier molecular flexibility index (Phi) is 3.59. The molecule has 1 fully saturated rings. The van der Waals surface area contributed by atoms with E-state index in [1.54, 1.807) is 0 Å². The van der Waals surface area contributed by atoms with Gasteiger partial charge in [-0.25, -0.2) is 0 Å². The average Bonchev–Trinajstić information content (AvgIpc) is 2.86. The van der Waals surface area contributed by atoms with Gasteiger partial charge in [0.05, 0.1) is 12.7 Å². The van der Waals surface area contributed by atoms with Crippen molar-refractivity contribution in [1.82, 2.24) is 0 Å². The lowest BCUT2D eigenvalue weighted by atomic mass is 9.88. The summed E-state index contributed by atoms with van der Waals surface area (Å²) in [5.74, 6) is 1.18. The molecule has 98 valence electrons. The quantitative estimate of drug-likeness (QED) is 0.912. The Hall–Kier alpha value is -0.580. The summed E-state index contributed by atoms with van der Waals surface area (Å²) in [4.78, 5) is 0. The van der Waals surface area contributed by atoms with Crippen molar-refractivity contribution in [2.75, 3.05) is 19.8 Å². The SMILES string of the molecule is OC(c1cc(Br)cc2c1OCC2)C1CCOCC1. The Morgan fingerprint density at radius 2 is 2.00 bits per heavy atom. The van der Waals surface area contributed by atoms with Crippen LogP contribution in [0, 0.1) is 5.92 Å². The van der Waals surface area contributed by atoms with Crippen LogP contribution in [-0.2, 0) is 11.2 Å². The van der Waals surface area contributed by atoms with Crippen molar-refractivity contribution in [3.8, 4) is 5.75 Å². The van der Waals surface area contributed by atoms with Crippen LogP contribution in [0.25, 0.3) is 0 Å². The number of rotatable bonds is 2. The first-order chi connectivity index (χ1) is 8.75. The summed E-state index contributed by atoms with van der Waals surface area (Å²) in [5, 5.41) is 10.6. The summed E-state index contributed by atoms with van der Waals surface area (Å²) in [7, 11) is 0. The van der Waals surface area contributed by atoms with Gasteiger partial charge in [0, 0.05) is 29.7 Å². The minimum Gasteiger partial charge on any atom is -0.493 e. The predicted molar refractivity (Wildman–Crippen MR) is 71.8 cm³/mol. The highest BCUT2D eigenvalue weighted by atomic mass is 79.9. The van der Waals surface area contributed by atoms with Crippen LogP contribution in [0.3, 0.4) is 0 Å². The lowest BCUT2D eigenvalue weighted by Crippen LogP contribution is -2.22. The van der Waals surface area contributed by atoms with Gasteiger partial charge in [-0.15, -0.1) is 0 Å². The van der Waals surface area contributed by atoms with E-state index in [1.807, 2.05) is 6.07 Å². The topological polar surface area (TPSA) is 38.7 Å². The highest BCUT2D eigenvalue weighted by Crippen LogP contribution is 2.40. The van der Waals surface area contributed by atoms with Crippen LogP contribution in [0.4, 0.5) is 0 Å². The number of fused-ring (bicyclic) bond motifs is 1. The van der Waals surface area contributed by atoms with Crippen molar-refractivity contribution in [2.45, 2.75) is 25.4 Å². The molecule has 0 bridgehead atoms. The molecule has 1 N–H and O–H groups in total. The summed E-state index contributed by atoms with van der Waals surface area (Å²) in [6, 6.07) is 4.08. The van der Waals surface area contributed by atoms with Gasteiger partial charge in [0.2, 0.25) is 0 Å². The molecule has 4 heteroatoms. The molecule has 1 aromatic rings. The molecule has 2 aliphatic heterocycles. The number of benzene rings is 1. The standard InChI is InChI=1S/C14H17BrO3/c15-11-7-10-3-6-18-14(10)12(8-11)13(16)9-1-4-17-5-2-9/h7-9,13,16H,1-6H2. The largest absolute Gasteiger partial charge is 0.493 e. The van der Waals surface area contributed by atoms with Gasteiger partial charge in [0.25, 0.3) is 0 Å². The maximum absolute atomic E-state index is 10.6. The van der Waals surface area contributed by atoms with Gasteiger partial charge in [-0.3, -0.25) is 0 Å². The number of aliphatic hydroxyl groups is 1. The second-order valence-electron chi connectivity index (χ2n) is 4.98. The maximum atomic E-state index is 10.6. The van der Waals surface area contributed by atoms with Crippen LogP contribution in [0.1, 0.15) is 30.1 Å². The van der Waals surface area contributed by atoms with Crippen molar-refractivity contribution < 1.29 is 14.6 Å². The fourth-order valence-electron chi connectivity index (χ4n) is 2.80. The van der Waals surface area contributed by atoms with Gasteiger partial charge in [-0.05, 0) is 36.5 Å². The molecule has 3 nitrogen and oxygen atoms in total. The minimum atomic E-state index is -0.446. The highest BCUT2D eigenvalue weighted by Gasteiger charge is 2.28. The summed E-state index contributed by atoms with van der Waals surface area (Å²) < 4.78 is 12.1. The zero-order valence-corrected chi connectivity index (χ0v) is 11.8. The monoisotopic (exact) mass is 312 g/mol. The van der Waals surface area contributed by atoms with Gasteiger partial charge in [-0.2, -0.15) is 0 Å². The molecule has 2 heterocycles. The lowest BCUT2D eigenvalue weighted by Gasteiger charge is -2.28. The third kappa shape index (κ3) is 2.29. The van der Waals surface area contributed by atoms with E-state index >= 15 is 0 Å². The highest BCUT2D eigenvalue weighted by molar-refractivity contribution is 9.10. The maximum Gasteiger partial charge on any atom is 0.128 e. The normalized spacial score (nSPS) is 21.4. The molecule has 1 atom stereocenters. The van der Waals surface area contributed by atoms with Crippen LogP contribution in [0.15, 0.2) is 16.6 Å². The van der Waals surface area contributed by atoms with E-state index in [9.17, 15) is 5.11 Å². The summed E-state index contributed by atoms with van der Waals surface area (Å²) >= 11 is 3.52. The number of halogens is 1. The van der Waals surface area contributed by atoms with Gasteiger partial charge in [0.1, 0.15) is 5.75 Å². The van der Waals surface area contributed by atoms with Gasteiger partial charge < -0.3 is 14.6 Å². The van der Waals surface area contributed by atoms with E-state index in [-0.39, 0.29) is 5.92 Å². The molecule has 1 aromatic carbocycles. The first-order valence-electron chi connectivity index (χ1n) is 6.46. The van der Waals surface area contributed by atoms with Gasteiger partial charge in [0.15, 0.2) is 0 Å². The van der Waals surface area contributed by atoms with Crippen molar-refractivity contribution in [1.29, 1.82) is 0 Å². The fourth-order valence-corrected chi connectivity index (χ4v) is 3.33. The zero-order valence-electron chi connectivity index (χ0n) is 10.2. The van der Waals surface area contributed by atoms with Crippen LogP contribution in [0.5, 0.6) is 5.75 Å². The molecule has 3 rings (SSSR count). The zero-order chi connectivity index (χ0) is 12.5. The Morgan fingerprint density at radius 3 is 2.78 bits per heavy atom. The lowest BCUT2D eigenvalue weighted by molar-refractivity contribution is 0.00633. The smallest absolute Gasteiger partial charge is 0.128 e. The third-order valence-electron chi connectivity index (χ3n) is 3.81. The second kappa shape index (κ2) is 5.19. The molecule has 1 saturated heterocycles. The third-order valence-corrected chi connectivity index (χ3v) is 4.27. The Labute approximate surface area is 115 Å². The van der Waals surface area contributed by atoms with E-state index in [2.05, 4.69) is 22.0 Å². The number of ether oxygens (including phenoxy) is 2. The van der Waals surface area contributed by atoms with E-state index in [1.165, 1.54) is 5.56 Å². The number of hydrogen-bond donors (Lipinski definition) is 1. The van der Waals surface area contributed by atoms with Crippen molar-refractivity contribution in [3.63, 3.8) is 0 Å². The van der Waals surface area contributed by atoms with E-state index < -0.39 is 6.10 Å². The van der Waals surface area contributed by atoms with Crippen LogP contribution in [0.2, 0.25) is 0 Å². The molecular weight excluding hydrogens is 296 g/mol. The molecular formula is C14H17BrO3. The van der Waals surface area contributed by atoms with Crippen LogP contribution in [-0.4, -0.2) is 24.9 Å². The molecule has 0 spiro atoms. The first kappa shape index (κ1) is 12.5. The summed E-state index contributed by atoms with van der Waals surface area (Å²) in [5.41, 5.74) is 2.13. The number of hydrogen-bond acceptors (Lipinski definition) is 3. The molecule has 0 aromatic heterocycles. The van der Waals surface area contributed by atoms with Crippen LogP contribution < -0.4 is 4.74 Å².